The van der Waals surface area contributed by atoms with Gasteiger partial charge in [0.2, 0.25) is 0 Å². The number of hydrogen-bond donors (Lipinski definition) is 2. The van der Waals surface area contributed by atoms with Crippen molar-refractivity contribution in [3.8, 4) is 5.69 Å². The molecule has 1 aliphatic rings. The van der Waals surface area contributed by atoms with Crippen LogP contribution in [0.25, 0.3) is 5.69 Å². The van der Waals surface area contributed by atoms with Crippen molar-refractivity contribution in [2.75, 3.05) is 5.32 Å². The Labute approximate surface area is 91.4 Å². The second kappa shape index (κ2) is 3.10. The van der Waals surface area contributed by atoms with E-state index < -0.39 is 5.97 Å². The van der Waals surface area contributed by atoms with E-state index in [9.17, 15) is 4.79 Å². The van der Waals surface area contributed by atoms with Crippen LogP contribution in [0, 0.1) is 0 Å². The van der Waals surface area contributed by atoms with Crippen molar-refractivity contribution in [2.45, 2.75) is 6.54 Å². The van der Waals surface area contributed by atoms with E-state index in [-0.39, 0.29) is 5.69 Å². The molecule has 1 aromatic heterocycles. The van der Waals surface area contributed by atoms with Crippen LogP contribution in [0.15, 0.2) is 30.5 Å². The number of carboxylic acids is 1. The summed E-state index contributed by atoms with van der Waals surface area (Å²) in [6.07, 6.45) is 1.55. The summed E-state index contributed by atoms with van der Waals surface area (Å²) in [6, 6.07) is 7.74. The van der Waals surface area contributed by atoms with Crippen molar-refractivity contribution in [3.05, 3.63) is 42.0 Å². The molecular weight excluding hydrogens is 206 g/mol. The molecule has 0 atom stereocenters. The zero-order chi connectivity index (χ0) is 11.1. The number of carboxylic acid groups (broad SMARTS) is 1. The first kappa shape index (κ1) is 8.96. The molecule has 3 rings (SSSR count). The fourth-order valence-electron chi connectivity index (χ4n) is 1.86. The molecule has 0 spiro atoms. The van der Waals surface area contributed by atoms with E-state index in [1.807, 2.05) is 28.8 Å². The van der Waals surface area contributed by atoms with Crippen molar-refractivity contribution in [1.29, 1.82) is 0 Å². The molecule has 16 heavy (non-hydrogen) atoms. The predicted octanol–water partition coefficient (Wildman–Crippen LogP) is 1.50. The molecule has 2 N–H and O–H groups in total. The minimum Gasteiger partial charge on any atom is -0.476 e. The lowest BCUT2D eigenvalue weighted by molar-refractivity contribution is 0.0691. The summed E-state index contributed by atoms with van der Waals surface area (Å²) in [6.45, 7) is 0.546. The first-order valence-electron chi connectivity index (χ1n) is 4.90. The first-order valence-corrected chi connectivity index (χ1v) is 4.90. The van der Waals surface area contributed by atoms with Gasteiger partial charge in [0.1, 0.15) is 5.82 Å². The van der Waals surface area contributed by atoms with E-state index in [2.05, 4.69) is 10.3 Å². The smallest absolute Gasteiger partial charge is 0.356 e. The maximum Gasteiger partial charge on any atom is 0.356 e. The Balaban J connectivity index is 2.20. The molecular formula is C11H9N3O2. The van der Waals surface area contributed by atoms with Crippen LogP contribution < -0.4 is 5.32 Å². The third kappa shape index (κ3) is 1.18. The van der Waals surface area contributed by atoms with Crippen LogP contribution in [0.2, 0.25) is 0 Å². The Morgan fingerprint density at radius 3 is 3.06 bits per heavy atom. The molecule has 0 fully saturated rings. The minimum atomic E-state index is -1.00. The zero-order valence-electron chi connectivity index (χ0n) is 8.34. The van der Waals surface area contributed by atoms with Gasteiger partial charge in [-0.05, 0) is 12.1 Å². The Hall–Kier alpha value is -2.30. The number of carbonyl (C=O) groups is 1. The summed E-state index contributed by atoms with van der Waals surface area (Å²) >= 11 is 0. The average molecular weight is 215 g/mol. The van der Waals surface area contributed by atoms with Gasteiger partial charge in [-0.3, -0.25) is 4.57 Å². The van der Waals surface area contributed by atoms with Crippen molar-refractivity contribution in [2.24, 2.45) is 0 Å². The first-order chi connectivity index (χ1) is 7.75. The average Bonchev–Trinajstić information content (AvgIpc) is 2.73. The number of fused-ring (bicyclic) bond motifs is 3. The number of aromatic carboxylic acids is 1. The summed E-state index contributed by atoms with van der Waals surface area (Å²) in [5, 5.41) is 12.1. The van der Waals surface area contributed by atoms with Gasteiger partial charge < -0.3 is 10.4 Å². The maximum absolute atomic E-state index is 10.8. The number of anilines is 1. The van der Waals surface area contributed by atoms with Crippen LogP contribution in [0.4, 0.5) is 5.69 Å². The van der Waals surface area contributed by atoms with Gasteiger partial charge >= 0.3 is 5.97 Å². The third-order valence-electron chi connectivity index (χ3n) is 2.60. The molecule has 5 nitrogen and oxygen atoms in total. The molecule has 0 saturated carbocycles. The van der Waals surface area contributed by atoms with Crippen LogP contribution in [0.5, 0.6) is 0 Å². The number of imidazole rings is 1. The quantitative estimate of drug-likeness (QED) is 0.756. The molecule has 2 aromatic rings. The Kier molecular flexibility index (Phi) is 1.73. The van der Waals surface area contributed by atoms with Gasteiger partial charge in [-0.15, -0.1) is 0 Å². The lowest BCUT2D eigenvalue weighted by Crippen LogP contribution is -2.14. The summed E-state index contributed by atoms with van der Waals surface area (Å²) in [4.78, 5) is 14.9. The van der Waals surface area contributed by atoms with Crippen molar-refractivity contribution in [1.82, 2.24) is 9.55 Å². The number of aromatic nitrogens is 2. The van der Waals surface area contributed by atoms with Crippen LogP contribution in [0.1, 0.15) is 16.3 Å². The standard InChI is InChI=1S/C11H9N3O2/c15-11(16)8-6-14-9-4-2-1-3-7(9)12-5-10(14)13-8/h1-4,6,12H,5H2,(H,15,16). The SMILES string of the molecule is O=C(O)c1cn2c(n1)CNc1ccccc1-2. The fraction of sp³-hybridized carbons (Fsp3) is 0.0909. The van der Waals surface area contributed by atoms with E-state index in [1.54, 1.807) is 6.20 Å². The molecule has 80 valence electrons. The largest absolute Gasteiger partial charge is 0.476 e. The number of rotatable bonds is 1. The fourth-order valence-corrected chi connectivity index (χ4v) is 1.86. The van der Waals surface area contributed by atoms with Crippen molar-refractivity contribution in [3.63, 3.8) is 0 Å². The van der Waals surface area contributed by atoms with Gasteiger partial charge in [-0.2, -0.15) is 0 Å². The number of benzene rings is 1. The minimum absolute atomic E-state index is 0.0773. The molecule has 0 bridgehead atoms. The Morgan fingerprint density at radius 1 is 1.44 bits per heavy atom. The molecule has 1 aromatic carbocycles. The van der Waals surface area contributed by atoms with Crippen molar-refractivity contribution >= 4 is 11.7 Å². The van der Waals surface area contributed by atoms with E-state index in [0.717, 1.165) is 17.2 Å². The van der Waals surface area contributed by atoms with Crippen LogP contribution >= 0.6 is 0 Å². The van der Waals surface area contributed by atoms with E-state index >= 15 is 0 Å². The molecule has 5 heteroatoms. The van der Waals surface area contributed by atoms with Crippen molar-refractivity contribution < 1.29 is 9.90 Å². The normalized spacial score (nSPS) is 12.5. The number of nitrogens with zero attached hydrogens (tertiary/aromatic N) is 2. The highest BCUT2D eigenvalue weighted by Crippen LogP contribution is 2.26. The van der Waals surface area contributed by atoms with Crippen LogP contribution in [-0.2, 0) is 6.54 Å². The lowest BCUT2D eigenvalue weighted by Gasteiger charge is -2.19. The summed E-state index contributed by atoms with van der Waals surface area (Å²) in [5.41, 5.74) is 2.00. The monoisotopic (exact) mass is 215 g/mol. The van der Waals surface area contributed by atoms with Gasteiger partial charge in [0.25, 0.3) is 0 Å². The van der Waals surface area contributed by atoms with E-state index in [1.165, 1.54) is 0 Å². The zero-order valence-corrected chi connectivity index (χ0v) is 8.34. The predicted molar refractivity (Wildman–Crippen MR) is 57.9 cm³/mol. The molecule has 0 unspecified atom stereocenters. The molecule has 0 amide bonds. The second-order valence-corrected chi connectivity index (χ2v) is 3.59. The number of nitrogens with one attached hydrogen (secondary N) is 1. The highest BCUT2D eigenvalue weighted by atomic mass is 16.4. The Morgan fingerprint density at radius 2 is 2.25 bits per heavy atom. The third-order valence-corrected chi connectivity index (χ3v) is 2.60. The van der Waals surface area contributed by atoms with Gasteiger partial charge in [0.15, 0.2) is 5.69 Å². The molecule has 2 heterocycles. The molecule has 1 aliphatic heterocycles. The van der Waals surface area contributed by atoms with Gasteiger partial charge in [-0.25, -0.2) is 9.78 Å². The van der Waals surface area contributed by atoms with Gasteiger partial charge in [0.05, 0.1) is 17.9 Å². The number of para-hydroxylation sites is 2. The maximum atomic E-state index is 10.8. The number of hydrogen-bond acceptors (Lipinski definition) is 3. The summed E-state index contributed by atoms with van der Waals surface area (Å²) < 4.78 is 1.81. The lowest BCUT2D eigenvalue weighted by atomic mass is 10.2. The second-order valence-electron chi connectivity index (χ2n) is 3.59. The molecule has 0 aliphatic carbocycles. The molecule has 0 radical (unpaired) electrons. The van der Waals surface area contributed by atoms with Gasteiger partial charge in [0, 0.05) is 6.20 Å². The topological polar surface area (TPSA) is 67.1 Å². The Bertz CT molecular complexity index is 574. The van der Waals surface area contributed by atoms with E-state index in [0.29, 0.717) is 6.54 Å². The van der Waals surface area contributed by atoms with Crippen LogP contribution in [-0.4, -0.2) is 20.6 Å². The van der Waals surface area contributed by atoms with Gasteiger partial charge in [-0.1, -0.05) is 12.1 Å². The summed E-state index contributed by atoms with van der Waals surface area (Å²) in [5.74, 6) is -0.282. The van der Waals surface area contributed by atoms with E-state index in [4.69, 9.17) is 5.11 Å². The van der Waals surface area contributed by atoms with Crippen LogP contribution in [0.3, 0.4) is 0 Å². The highest BCUT2D eigenvalue weighted by Gasteiger charge is 2.19. The highest BCUT2D eigenvalue weighted by molar-refractivity contribution is 5.85. The molecule has 0 saturated heterocycles. The summed E-state index contributed by atoms with van der Waals surface area (Å²) in [7, 11) is 0.